The second-order valence-electron chi connectivity index (χ2n) is 7.61. The Balaban J connectivity index is 1.83. The minimum atomic E-state index is 0.0139. The van der Waals surface area contributed by atoms with E-state index in [1.165, 1.54) is 11.8 Å². The summed E-state index contributed by atoms with van der Waals surface area (Å²) in [6.07, 6.45) is 1.95. The van der Waals surface area contributed by atoms with Gasteiger partial charge in [0.15, 0.2) is 5.17 Å². The summed E-state index contributed by atoms with van der Waals surface area (Å²) in [5, 5.41) is 0.778. The van der Waals surface area contributed by atoms with Crippen LogP contribution in [0.25, 0.3) is 6.08 Å². The predicted molar refractivity (Wildman–Crippen MR) is 150 cm³/mol. The molecule has 0 aliphatic carbocycles. The number of aliphatic imine (C=N–C) groups is 1. The van der Waals surface area contributed by atoms with Gasteiger partial charge in [-0.05, 0) is 126 Å². The largest absolute Gasteiger partial charge is 0.487 e. The molecule has 0 unspecified atom stereocenters. The molecule has 164 valence electrons. The molecule has 0 saturated carbocycles. The van der Waals surface area contributed by atoms with Crippen molar-refractivity contribution in [3.05, 3.63) is 64.0 Å². The molecule has 0 aromatic heterocycles. The van der Waals surface area contributed by atoms with Crippen molar-refractivity contribution in [3.8, 4) is 5.75 Å². The van der Waals surface area contributed by atoms with Crippen LogP contribution in [0.3, 0.4) is 0 Å². The normalized spacial score (nSPS) is 16.9. The van der Waals surface area contributed by atoms with Gasteiger partial charge in [0.2, 0.25) is 0 Å². The smallest absolute Gasteiger partial charge is 0.266 e. The number of rotatable bonds is 6. The highest BCUT2D eigenvalue weighted by Gasteiger charge is 2.35. The fourth-order valence-corrected chi connectivity index (χ4v) is 6.57. The van der Waals surface area contributed by atoms with Crippen molar-refractivity contribution < 1.29 is 9.53 Å². The first-order valence-electron chi connectivity index (χ1n) is 9.83. The number of amides is 1. The molecule has 2 aromatic rings. The van der Waals surface area contributed by atoms with Crippen LogP contribution in [-0.2, 0) is 11.4 Å². The molecule has 2 aromatic carbocycles. The average Bonchev–Trinajstić information content (AvgIpc) is 2.96. The number of amidine groups is 1. The van der Waals surface area contributed by atoms with Gasteiger partial charge in [-0.25, -0.2) is 0 Å². The average molecular weight is 725 g/mol. The van der Waals surface area contributed by atoms with Crippen molar-refractivity contribution in [2.24, 2.45) is 4.99 Å². The second-order valence-corrected chi connectivity index (χ2v) is 11.9. The lowest BCUT2D eigenvalue weighted by Crippen LogP contribution is -2.35. The summed E-state index contributed by atoms with van der Waals surface area (Å²) in [4.78, 5) is 20.1. The van der Waals surface area contributed by atoms with Gasteiger partial charge in [-0.15, -0.1) is 0 Å². The first-order chi connectivity index (χ1) is 14.7. The third-order valence-electron chi connectivity index (χ3n) is 4.34. The second kappa shape index (κ2) is 11.0. The van der Waals surface area contributed by atoms with Crippen LogP contribution < -0.4 is 4.74 Å². The molecule has 1 aliphatic heterocycles. The number of carbonyl (C=O) groups is 1. The van der Waals surface area contributed by atoms with Gasteiger partial charge in [-0.2, -0.15) is 0 Å². The Morgan fingerprint density at radius 2 is 1.74 bits per heavy atom. The quantitative estimate of drug-likeness (QED) is 0.232. The lowest BCUT2D eigenvalue weighted by molar-refractivity contribution is -0.123. The van der Waals surface area contributed by atoms with E-state index in [9.17, 15) is 4.79 Å². The Morgan fingerprint density at radius 3 is 2.29 bits per heavy atom. The highest BCUT2D eigenvalue weighted by atomic mass is 127. The molecular weight excluding hydrogens is 702 g/mol. The first-order valence-corrected chi connectivity index (χ1v) is 13.6. The van der Waals surface area contributed by atoms with Crippen molar-refractivity contribution in [3.63, 3.8) is 0 Å². The molecule has 1 heterocycles. The molecule has 4 nitrogen and oxygen atoms in total. The molecular formula is C23H23BrI2N2O2S. The Bertz CT molecular complexity index is 1010. The summed E-state index contributed by atoms with van der Waals surface area (Å²) in [6.45, 7) is 8.58. The fraction of sp³-hybridized carbons (Fsp3) is 0.304. The van der Waals surface area contributed by atoms with E-state index >= 15 is 0 Å². The number of carbonyl (C=O) groups excluding carboxylic acids is 1. The maximum Gasteiger partial charge on any atom is 0.266 e. The molecule has 3 rings (SSSR count). The third-order valence-corrected chi connectivity index (χ3v) is 7.47. The number of hydrogen-bond donors (Lipinski definition) is 0. The highest BCUT2D eigenvalue weighted by Crippen LogP contribution is 2.36. The molecule has 0 radical (unpaired) electrons. The van der Waals surface area contributed by atoms with Gasteiger partial charge < -0.3 is 4.74 Å². The summed E-state index contributed by atoms with van der Waals surface area (Å²) < 4.78 is 9.18. The van der Waals surface area contributed by atoms with Gasteiger partial charge in [0, 0.05) is 16.6 Å². The van der Waals surface area contributed by atoms with Crippen LogP contribution in [0.15, 0.2) is 50.8 Å². The van der Waals surface area contributed by atoms with Crippen LogP contribution in [0.2, 0.25) is 0 Å². The minimum absolute atomic E-state index is 0.0139. The van der Waals surface area contributed by atoms with E-state index in [1.54, 1.807) is 4.90 Å². The Kier molecular flexibility index (Phi) is 8.90. The van der Waals surface area contributed by atoms with E-state index in [0.29, 0.717) is 11.5 Å². The van der Waals surface area contributed by atoms with Crippen molar-refractivity contribution >= 4 is 90.0 Å². The van der Waals surface area contributed by atoms with Crippen LogP contribution in [0.4, 0.5) is 0 Å². The van der Waals surface area contributed by atoms with E-state index in [1.807, 2.05) is 58.0 Å². The standard InChI is InChI=1S/C23H23BrI2N2O2S/c1-13(2)27-23-28(14(3)4)22(29)20(31-23)11-16-9-18(25)21(19(26)10-16)30-12-15-5-7-17(24)8-6-15/h5-11,13-14H,12H2,1-4H3/b20-11+,27-23?. The predicted octanol–water partition coefficient (Wildman–Crippen LogP) is 7.33. The molecule has 1 amide bonds. The molecule has 8 heteroatoms. The Morgan fingerprint density at radius 1 is 1.13 bits per heavy atom. The first kappa shape index (κ1) is 25.0. The molecule has 0 bridgehead atoms. The molecule has 0 atom stereocenters. The summed E-state index contributed by atoms with van der Waals surface area (Å²) in [5.41, 5.74) is 2.09. The number of hydrogen-bond acceptors (Lipinski definition) is 4. The molecule has 31 heavy (non-hydrogen) atoms. The summed E-state index contributed by atoms with van der Waals surface area (Å²) in [5.74, 6) is 0.877. The Hall–Kier alpha value is -0.590. The van der Waals surface area contributed by atoms with E-state index < -0.39 is 0 Å². The lowest BCUT2D eigenvalue weighted by Gasteiger charge is -2.20. The zero-order valence-electron chi connectivity index (χ0n) is 17.7. The fourth-order valence-electron chi connectivity index (χ4n) is 2.94. The van der Waals surface area contributed by atoms with E-state index in [4.69, 9.17) is 4.74 Å². The van der Waals surface area contributed by atoms with Crippen molar-refractivity contribution in [1.29, 1.82) is 0 Å². The molecule has 0 N–H and O–H groups in total. The summed E-state index contributed by atoms with van der Waals surface area (Å²) in [7, 11) is 0. The van der Waals surface area contributed by atoms with E-state index in [-0.39, 0.29) is 18.0 Å². The topological polar surface area (TPSA) is 41.9 Å². The van der Waals surface area contributed by atoms with Crippen molar-refractivity contribution in [1.82, 2.24) is 4.90 Å². The summed E-state index contributed by atoms with van der Waals surface area (Å²) in [6, 6.07) is 12.4. The number of halogens is 3. The van der Waals surface area contributed by atoms with Crippen LogP contribution in [0, 0.1) is 7.14 Å². The van der Waals surface area contributed by atoms with Gasteiger partial charge >= 0.3 is 0 Å². The molecule has 0 spiro atoms. The number of thioether (sulfide) groups is 1. The van der Waals surface area contributed by atoms with Gasteiger partial charge in [0.1, 0.15) is 12.4 Å². The SMILES string of the molecule is CC(C)N=C1S/C(=C/c2cc(I)c(OCc3ccc(Br)cc3)c(I)c2)C(=O)N1C(C)C. The van der Waals surface area contributed by atoms with E-state index in [0.717, 1.165) is 33.7 Å². The maximum atomic E-state index is 13.0. The van der Waals surface area contributed by atoms with Gasteiger partial charge in [-0.3, -0.25) is 14.7 Å². The van der Waals surface area contributed by atoms with Gasteiger partial charge in [-0.1, -0.05) is 28.1 Å². The van der Waals surface area contributed by atoms with E-state index in [2.05, 4.69) is 78.2 Å². The van der Waals surface area contributed by atoms with Crippen LogP contribution in [0.1, 0.15) is 38.8 Å². The van der Waals surface area contributed by atoms with Gasteiger partial charge in [0.05, 0.1) is 12.0 Å². The van der Waals surface area contributed by atoms with Crippen molar-refractivity contribution in [2.75, 3.05) is 0 Å². The van der Waals surface area contributed by atoms with Crippen molar-refractivity contribution in [2.45, 2.75) is 46.4 Å². The van der Waals surface area contributed by atoms with Crippen LogP contribution in [0.5, 0.6) is 5.75 Å². The van der Waals surface area contributed by atoms with Crippen LogP contribution in [-0.4, -0.2) is 28.1 Å². The number of ether oxygens (including phenoxy) is 1. The molecule has 1 aliphatic rings. The minimum Gasteiger partial charge on any atom is -0.487 e. The molecule has 1 fully saturated rings. The molecule has 1 saturated heterocycles. The lowest BCUT2D eigenvalue weighted by atomic mass is 10.2. The summed E-state index contributed by atoms with van der Waals surface area (Å²) >= 11 is 9.49. The number of benzene rings is 2. The van der Waals surface area contributed by atoms with Gasteiger partial charge in [0.25, 0.3) is 5.91 Å². The monoisotopic (exact) mass is 724 g/mol. The van der Waals surface area contributed by atoms with Crippen LogP contribution >= 0.6 is 72.9 Å². The third kappa shape index (κ3) is 6.48. The Labute approximate surface area is 223 Å². The zero-order valence-corrected chi connectivity index (χ0v) is 24.4. The zero-order chi connectivity index (χ0) is 22.7. The maximum absolute atomic E-state index is 13.0. The highest BCUT2D eigenvalue weighted by molar-refractivity contribution is 14.1. The number of nitrogens with zero attached hydrogens (tertiary/aromatic N) is 2.